The number of carbonyl (C=O) groups excluding carboxylic acids is 1. The molecule has 0 bridgehead atoms. The van der Waals surface area contributed by atoms with Crippen molar-refractivity contribution in [2.45, 2.75) is 32.7 Å². The normalized spacial score (nSPS) is 11.7. The average molecular weight is 391 g/mol. The predicted molar refractivity (Wildman–Crippen MR) is 114 cm³/mol. The van der Waals surface area contributed by atoms with Crippen LogP contribution in [0.25, 0.3) is 11.3 Å². The number of aryl methyl sites for hydroxylation is 1. The molecule has 0 saturated carbocycles. The van der Waals surface area contributed by atoms with Crippen molar-refractivity contribution in [3.63, 3.8) is 0 Å². The Hall–Kier alpha value is -3.41. The first-order valence-corrected chi connectivity index (χ1v) is 9.70. The molecule has 1 heterocycles. The highest BCUT2D eigenvalue weighted by molar-refractivity contribution is 5.94. The largest absolute Gasteiger partial charge is 0.497 e. The lowest BCUT2D eigenvalue weighted by Gasteiger charge is -2.18. The molecule has 6 nitrogen and oxygen atoms in total. The van der Waals surface area contributed by atoms with E-state index in [1.807, 2.05) is 62.4 Å². The van der Waals surface area contributed by atoms with Crippen LogP contribution in [-0.2, 0) is 11.2 Å². The molecule has 1 N–H and O–H groups in total. The maximum atomic E-state index is 13.0. The second-order valence-corrected chi connectivity index (χ2v) is 6.65. The zero-order chi connectivity index (χ0) is 20.8. The van der Waals surface area contributed by atoms with Crippen LogP contribution in [0.4, 0.5) is 5.69 Å². The van der Waals surface area contributed by atoms with Gasteiger partial charge in [0, 0.05) is 17.3 Å². The van der Waals surface area contributed by atoms with Gasteiger partial charge in [-0.05, 0) is 54.8 Å². The number of ether oxygens (including phenoxy) is 1. The summed E-state index contributed by atoms with van der Waals surface area (Å²) < 4.78 is 6.45. The maximum Gasteiger partial charge on any atom is 0.267 e. The molecule has 0 aliphatic carbocycles. The van der Waals surface area contributed by atoms with E-state index in [1.165, 1.54) is 10.7 Å². The van der Waals surface area contributed by atoms with Gasteiger partial charge in [-0.2, -0.15) is 5.10 Å². The summed E-state index contributed by atoms with van der Waals surface area (Å²) in [7, 11) is 1.61. The average Bonchev–Trinajstić information content (AvgIpc) is 2.76. The van der Waals surface area contributed by atoms with Gasteiger partial charge in [-0.25, -0.2) is 4.68 Å². The van der Waals surface area contributed by atoms with E-state index in [1.54, 1.807) is 13.2 Å². The Morgan fingerprint density at radius 2 is 1.79 bits per heavy atom. The third-order valence-corrected chi connectivity index (χ3v) is 4.85. The highest BCUT2D eigenvalue weighted by atomic mass is 16.5. The van der Waals surface area contributed by atoms with Crippen molar-refractivity contribution >= 4 is 11.6 Å². The third-order valence-electron chi connectivity index (χ3n) is 4.85. The van der Waals surface area contributed by atoms with Gasteiger partial charge in [-0.3, -0.25) is 9.59 Å². The Morgan fingerprint density at radius 3 is 2.45 bits per heavy atom. The van der Waals surface area contributed by atoms with E-state index < -0.39 is 6.04 Å². The summed E-state index contributed by atoms with van der Waals surface area (Å²) in [6, 6.07) is 17.5. The summed E-state index contributed by atoms with van der Waals surface area (Å²) in [5.74, 6) is 0.484. The van der Waals surface area contributed by atoms with E-state index in [2.05, 4.69) is 10.4 Å². The summed E-state index contributed by atoms with van der Waals surface area (Å²) in [6.45, 7) is 3.90. The van der Waals surface area contributed by atoms with Crippen molar-refractivity contribution in [1.82, 2.24) is 9.78 Å². The van der Waals surface area contributed by atoms with Crippen LogP contribution in [-0.4, -0.2) is 22.8 Å². The first-order chi connectivity index (χ1) is 14.1. The number of rotatable bonds is 7. The summed E-state index contributed by atoms with van der Waals surface area (Å²) in [4.78, 5) is 25.5. The lowest BCUT2D eigenvalue weighted by Crippen LogP contribution is -2.34. The maximum absolute atomic E-state index is 13.0. The Labute approximate surface area is 170 Å². The Morgan fingerprint density at radius 1 is 1.07 bits per heavy atom. The molecule has 1 unspecified atom stereocenters. The van der Waals surface area contributed by atoms with Crippen molar-refractivity contribution in [3.8, 4) is 17.0 Å². The van der Waals surface area contributed by atoms with Crippen molar-refractivity contribution in [2.24, 2.45) is 0 Å². The van der Waals surface area contributed by atoms with Gasteiger partial charge in [0.25, 0.3) is 5.56 Å². The molecule has 3 aromatic rings. The minimum absolute atomic E-state index is 0.255. The van der Waals surface area contributed by atoms with Crippen LogP contribution in [0.5, 0.6) is 5.75 Å². The van der Waals surface area contributed by atoms with Crippen LogP contribution in [0, 0.1) is 0 Å². The Bertz CT molecular complexity index is 1040. The SMILES string of the molecule is CCc1ccccc1NC(=O)C(CC)n1nc(-c2ccc(OC)cc2)ccc1=O. The Balaban J connectivity index is 1.92. The van der Waals surface area contributed by atoms with Gasteiger partial charge in [0.1, 0.15) is 11.8 Å². The predicted octanol–water partition coefficient (Wildman–Crippen LogP) is 4.07. The molecule has 1 aromatic heterocycles. The molecule has 0 aliphatic rings. The first kappa shape index (κ1) is 20.3. The number of carbonyl (C=O) groups is 1. The summed E-state index contributed by atoms with van der Waals surface area (Å²) >= 11 is 0. The molecule has 1 atom stereocenters. The number of aromatic nitrogens is 2. The monoisotopic (exact) mass is 391 g/mol. The second-order valence-electron chi connectivity index (χ2n) is 6.65. The smallest absolute Gasteiger partial charge is 0.267 e. The Kier molecular flexibility index (Phi) is 6.44. The summed E-state index contributed by atoms with van der Waals surface area (Å²) in [6.07, 6.45) is 1.25. The quantitative estimate of drug-likeness (QED) is 0.659. The van der Waals surface area contributed by atoms with E-state index in [0.717, 1.165) is 29.0 Å². The minimum Gasteiger partial charge on any atom is -0.497 e. The van der Waals surface area contributed by atoms with Crippen LogP contribution in [0.15, 0.2) is 65.5 Å². The molecule has 2 aromatic carbocycles. The molecule has 0 fully saturated rings. The number of amides is 1. The number of nitrogens with zero attached hydrogens (tertiary/aromatic N) is 2. The molecule has 0 spiro atoms. The molecule has 150 valence electrons. The molecule has 0 saturated heterocycles. The van der Waals surface area contributed by atoms with Crippen molar-refractivity contribution < 1.29 is 9.53 Å². The van der Waals surface area contributed by atoms with E-state index in [4.69, 9.17) is 4.74 Å². The molecular formula is C23H25N3O3. The van der Waals surface area contributed by atoms with E-state index in [-0.39, 0.29) is 11.5 Å². The van der Waals surface area contributed by atoms with Gasteiger partial charge in [0.2, 0.25) is 5.91 Å². The highest BCUT2D eigenvalue weighted by Gasteiger charge is 2.22. The third kappa shape index (κ3) is 4.54. The van der Waals surface area contributed by atoms with Crippen LogP contribution < -0.4 is 15.6 Å². The fourth-order valence-corrected chi connectivity index (χ4v) is 3.20. The number of benzene rings is 2. The van der Waals surface area contributed by atoms with Gasteiger partial charge in [0.15, 0.2) is 0 Å². The molecule has 6 heteroatoms. The van der Waals surface area contributed by atoms with Gasteiger partial charge in [-0.15, -0.1) is 0 Å². The lowest BCUT2D eigenvalue weighted by atomic mass is 10.1. The van der Waals surface area contributed by atoms with Gasteiger partial charge in [-0.1, -0.05) is 32.0 Å². The summed E-state index contributed by atoms with van der Waals surface area (Å²) in [5.41, 5.74) is 2.95. The highest BCUT2D eigenvalue weighted by Crippen LogP contribution is 2.22. The number of hydrogen-bond donors (Lipinski definition) is 1. The second kappa shape index (κ2) is 9.19. The lowest BCUT2D eigenvalue weighted by molar-refractivity contribution is -0.119. The number of methoxy groups -OCH3 is 1. The van der Waals surface area contributed by atoms with Gasteiger partial charge in [0.05, 0.1) is 12.8 Å². The topological polar surface area (TPSA) is 73.2 Å². The van der Waals surface area contributed by atoms with E-state index in [9.17, 15) is 9.59 Å². The zero-order valence-corrected chi connectivity index (χ0v) is 16.9. The molecule has 29 heavy (non-hydrogen) atoms. The molecule has 3 rings (SSSR count). The minimum atomic E-state index is -0.703. The summed E-state index contributed by atoms with van der Waals surface area (Å²) in [5, 5.41) is 7.43. The standard InChI is InChI=1S/C23H25N3O3/c1-4-16-8-6-7-9-19(16)24-23(28)21(5-2)26-22(27)15-14-20(25-26)17-10-12-18(29-3)13-11-17/h6-15,21H,4-5H2,1-3H3,(H,24,28). The molecule has 0 aliphatic heterocycles. The molecule has 0 radical (unpaired) electrons. The van der Waals surface area contributed by atoms with Crippen LogP contribution in [0.1, 0.15) is 31.9 Å². The first-order valence-electron chi connectivity index (χ1n) is 9.70. The van der Waals surface area contributed by atoms with E-state index >= 15 is 0 Å². The van der Waals surface area contributed by atoms with Crippen molar-refractivity contribution in [3.05, 3.63) is 76.6 Å². The fourth-order valence-electron chi connectivity index (χ4n) is 3.20. The van der Waals surface area contributed by atoms with Gasteiger partial charge < -0.3 is 10.1 Å². The van der Waals surface area contributed by atoms with Gasteiger partial charge >= 0.3 is 0 Å². The number of para-hydroxylation sites is 1. The molecular weight excluding hydrogens is 366 g/mol. The number of nitrogens with one attached hydrogen (secondary N) is 1. The van der Waals surface area contributed by atoms with Crippen LogP contribution in [0.2, 0.25) is 0 Å². The van der Waals surface area contributed by atoms with Crippen LogP contribution in [0.3, 0.4) is 0 Å². The number of anilines is 1. The van der Waals surface area contributed by atoms with Crippen molar-refractivity contribution in [1.29, 1.82) is 0 Å². The molecule has 1 amide bonds. The number of hydrogen-bond acceptors (Lipinski definition) is 4. The zero-order valence-electron chi connectivity index (χ0n) is 16.9. The fraction of sp³-hybridized carbons (Fsp3) is 0.261. The van der Waals surface area contributed by atoms with Crippen LogP contribution >= 0.6 is 0 Å². The van der Waals surface area contributed by atoms with Crippen molar-refractivity contribution in [2.75, 3.05) is 12.4 Å². The van der Waals surface area contributed by atoms with E-state index in [0.29, 0.717) is 12.1 Å².